The molecule has 0 saturated heterocycles. The highest BCUT2D eigenvalue weighted by atomic mass is 16.5. The molecule has 0 atom stereocenters. The molecular formula is C15H22N2O4. The molecule has 0 aromatic heterocycles. The maximum Gasteiger partial charge on any atom is 0.323 e. The van der Waals surface area contributed by atoms with Gasteiger partial charge in [-0.2, -0.15) is 0 Å². The molecule has 116 valence electrons. The van der Waals surface area contributed by atoms with E-state index < -0.39 is 5.97 Å². The Labute approximate surface area is 124 Å². The monoisotopic (exact) mass is 294 g/mol. The van der Waals surface area contributed by atoms with Crippen molar-refractivity contribution in [3.63, 3.8) is 0 Å². The number of carbonyl (C=O) groups excluding carboxylic acids is 1. The Morgan fingerprint density at radius 2 is 2.00 bits per heavy atom. The Morgan fingerprint density at radius 1 is 1.29 bits per heavy atom. The molecule has 0 spiro atoms. The van der Waals surface area contributed by atoms with E-state index in [2.05, 4.69) is 5.32 Å². The fraction of sp³-hybridized carbons (Fsp3) is 0.467. The molecular weight excluding hydrogens is 272 g/mol. The molecule has 0 radical (unpaired) electrons. The number of para-hydroxylation sites is 1. The summed E-state index contributed by atoms with van der Waals surface area (Å²) in [6.07, 6.45) is 1.38. The van der Waals surface area contributed by atoms with E-state index >= 15 is 0 Å². The van der Waals surface area contributed by atoms with Gasteiger partial charge >= 0.3 is 12.0 Å². The molecule has 1 aromatic carbocycles. The molecule has 0 aliphatic carbocycles. The first-order chi connectivity index (χ1) is 10.1. The molecule has 1 aromatic rings. The molecule has 0 aliphatic rings. The number of nitrogens with zero attached hydrogens (tertiary/aromatic N) is 1. The van der Waals surface area contributed by atoms with Crippen LogP contribution >= 0.6 is 0 Å². The molecule has 0 bridgehead atoms. The molecule has 0 saturated carbocycles. The minimum Gasteiger partial charge on any atom is -0.494 e. The first kappa shape index (κ1) is 16.8. The van der Waals surface area contributed by atoms with Crippen LogP contribution in [0.1, 0.15) is 19.8 Å². The van der Waals surface area contributed by atoms with E-state index in [0.717, 1.165) is 12.2 Å². The van der Waals surface area contributed by atoms with Crippen LogP contribution in [0.25, 0.3) is 0 Å². The lowest BCUT2D eigenvalue weighted by Crippen LogP contribution is -2.43. The molecule has 0 heterocycles. The van der Waals surface area contributed by atoms with E-state index in [0.29, 0.717) is 26.1 Å². The van der Waals surface area contributed by atoms with Crippen molar-refractivity contribution in [1.29, 1.82) is 0 Å². The second kappa shape index (κ2) is 9.63. The predicted octanol–water partition coefficient (Wildman–Crippen LogP) is 1.96. The summed E-state index contributed by atoms with van der Waals surface area (Å²) < 4.78 is 5.50. The number of carboxylic acids is 1. The number of carbonyl (C=O) groups is 2. The zero-order valence-corrected chi connectivity index (χ0v) is 12.2. The van der Waals surface area contributed by atoms with Gasteiger partial charge in [-0.15, -0.1) is 0 Å². The summed E-state index contributed by atoms with van der Waals surface area (Å²) in [6, 6.07) is 9.09. The van der Waals surface area contributed by atoms with Gasteiger partial charge in [0.25, 0.3) is 0 Å². The number of ether oxygens (including phenoxy) is 1. The van der Waals surface area contributed by atoms with Crippen molar-refractivity contribution in [1.82, 2.24) is 10.2 Å². The van der Waals surface area contributed by atoms with E-state index in [1.165, 1.54) is 4.90 Å². The summed E-state index contributed by atoms with van der Waals surface area (Å²) in [4.78, 5) is 23.8. The maximum absolute atomic E-state index is 11.8. The van der Waals surface area contributed by atoms with Crippen molar-refractivity contribution in [2.24, 2.45) is 0 Å². The van der Waals surface area contributed by atoms with Crippen molar-refractivity contribution in [3.8, 4) is 5.75 Å². The van der Waals surface area contributed by atoms with Crippen LogP contribution in [0.3, 0.4) is 0 Å². The van der Waals surface area contributed by atoms with Crippen LogP contribution in [-0.4, -0.2) is 48.2 Å². The van der Waals surface area contributed by atoms with Gasteiger partial charge in [0.05, 0.1) is 6.61 Å². The molecule has 0 unspecified atom stereocenters. The average Bonchev–Trinajstić information content (AvgIpc) is 2.47. The van der Waals surface area contributed by atoms with Crippen molar-refractivity contribution in [3.05, 3.63) is 30.3 Å². The first-order valence-corrected chi connectivity index (χ1v) is 7.06. The van der Waals surface area contributed by atoms with Crippen LogP contribution in [0, 0.1) is 0 Å². The van der Waals surface area contributed by atoms with Crippen LogP contribution in [0.4, 0.5) is 4.79 Å². The van der Waals surface area contributed by atoms with Gasteiger partial charge in [0.2, 0.25) is 0 Å². The largest absolute Gasteiger partial charge is 0.494 e. The van der Waals surface area contributed by atoms with E-state index in [9.17, 15) is 9.59 Å². The summed E-state index contributed by atoms with van der Waals surface area (Å²) in [5.41, 5.74) is 0. The number of nitrogens with one attached hydrogen (secondary N) is 1. The summed E-state index contributed by atoms with van der Waals surface area (Å²) >= 11 is 0. The normalized spacial score (nSPS) is 9.95. The summed E-state index contributed by atoms with van der Waals surface area (Å²) in [5.74, 6) is -0.215. The number of urea groups is 1. The van der Waals surface area contributed by atoms with Crippen LogP contribution in [0.2, 0.25) is 0 Å². The van der Waals surface area contributed by atoms with Gasteiger partial charge in [0.1, 0.15) is 12.3 Å². The second-order valence-electron chi connectivity index (χ2n) is 4.56. The van der Waals surface area contributed by atoms with Crippen LogP contribution in [0.15, 0.2) is 30.3 Å². The molecule has 6 heteroatoms. The zero-order valence-electron chi connectivity index (χ0n) is 12.2. The Kier molecular flexibility index (Phi) is 7.71. The third-order valence-corrected chi connectivity index (χ3v) is 2.72. The standard InChI is InChI=1S/C15H22N2O4/c1-2-10-17(12-14(18)19)15(20)16-9-6-11-21-13-7-4-3-5-8-13/h3-5,7-8H,2,6,9-12H2,1H3,(H,16,20)(H,18,19). The third kappa shape index (κ3) is 7.20. The minimum absolute atomic E-state index is 0.278. The SMILES string of the molecule is CCCN(CC(=O)O)C(=O)NCCCOc1ccccc1. The number of benzene rings is 1. The highest BCUT2D eigenvalue weighted by Crippen LogP contribution is 2.08. The van der Waals surface area contributed by atoms with E-state index in [-0.39, 0.29) is 12.6 Å². The Balaban J connectivity index is 2.20. The lowest BCUT2D eigenvalue weighted by atomic mass is 10.3. The Hall–Kier alpha value is -2.24. The zero-order chi connectivity index (χ0) is 15.5. The van der Waals surface area contributed by atoms with Gasteiger partial charge in [0.15, 0.2) is 0 Å². The average molecular weight is 294 g/mol. The smallest absolute Gasteiger partial charge is 0.323 e. The van der Waals surface area contributed by atoms with E-state index in [1.54, 1.807) is 0 Å². The molecule has 2 amide bonds. The topological polar surface area (TPSA) is 78.9 Å². The van der Waals surface area contributed by atoms with Crippen molar-refractivity contribution >= 4 is 12.0 Å². The molecule has 0 aliphatic heterocycles. The number of amides is 2. The Morgan fingerprint density at radius 3 is 2.62 bits per heavy atom. The van der Waals surface area contributed by atoms with Crippen molar-refractivity contribution in [2.75, 3.05) is 26.2 Å². The minimum atomic E-state index is -1.01. The highest BCUT2D eigenvalue weighted by molar-refractivity contribution is 5.80. The van der Waals surface area contributed by atoms with Crippen LogP contribution in [-0.2, 0) is 4.79 Å². The number of aliphatic carboxylic acids is 1. The van der Waals surface area contributed by atoms with Gasteiger partial charge in [0, 0.05) is 13.1 Å². The number of carboxylic acid groups (broad SMARTS) is 1. The number of rotatable bonds is 9. The first-order valence-electron chi connectivity index (χ1n) is 7.06. The molecule has 1 rings (SSSR count). The number of hydrogen-bond donors (Lipinski definition) is 2. The number of hydrogen-bond acceptors (Lipinski definition) is 3. The second-order valence-corrected chi connectivity index (χ2v) is 4.56. The Bertz CT molecular complexity index is 437. The predicted molar refractivity (Wildman–Crippen MR) is 79.5 cm³/mol. The quantitative estimate of drug-likeness (QED) is 0.682. The van der Waals surface area contributed by atoms with Gasteiger partial charge < -0.3 is 20.1 Å². The molecule has 2 N–H and O–H groups in total. The third-order valence-electron chi connectivity index (χ3n) is 2.72. The fourth-order valence-electron chi connectivity index (χ4n) is 1.77. The van der Waals surface area contributed by atoms with Gasteiger partial charge in [-0.05, 0) is 25.0 Å². The van der Waals surface area contributed by atoms with Gasteiger partial charge in [-0.25, -0.2) is 4.79 Å². The highest BCUT2D eigenvalue weighted by Gasteiger charge is 2.14. The fourth-order valence-corrected chi connectivity index (χ4v) is 1.77. The summed E-state index contributed by atoms with van der Waals surface area (Å²) in [6.45, 7) is 3.00. The lowest BCUT2D eigenvalue weighted by Gasteiger charge is -2.20. The summed E-state index contributed by atoms with van der Waals surface area (Å²) in [7, 11) is 0. The summed E-state index contributed by atoms with van der Waals surface area (Å²) in [5, 5.41) is 11.5. The molecule has 6 nitrogen and oxygen atoms in total. The lowest BCUT2D eigenvalue weighted by molar-refractivity contribution is -0.137. The van der Waals surface area contributed by atoms with Crippen molar-refractivity contribution in [2.45, 2.75) is 19.8 Å². The maximum atomic E-state index is 11.8. The van der Waals surface area contributed by atoms with E-state index in [1.807, 2.05) is 37.3 Å². The molecule has 0 fully saturated rings. The van der Waals surface area contributed by atoms with Gasteiger partial charge in [-0.1, -0.05) is 25.1 Å². The van der Waals surface area contributed by atoms with E-state index in [4.69, 9.17) is 9.84 Å². The van der Waals surface area contributed by atoms with Crippen molar-refractivity contribution < 1.29 is 19.4 Å². The van der Waals surface area contributed by atoms with Crippen LogP contribution in [0.5, 0.6) is 5.75 Å². The van der Waals surface area contributed by atoms with Gasteiger partial charge in [-0.3, -0.25) is 4.79 Å². The molecule has 21 heavy (non-hydrogen) atoms. The van der Waals surface area contributed by atoms with Crippen LogP contribution < -0.4 is 10.1 Å².